The summed E-state index contributed by atoms with van der Waals surface area (Å²) in [6.45, 7) is 4.97. The molecule has 1 saturated carbocycles. The molecule has 1 fully saturated rings. The fraction of sp³-hybridized carbons (Fsp3) is 0.875. The van der Waals surface area contributed by atoms with E-state index in [1.807, 2.05) is 0 Å². The van der Waals surface area contributed by atoms with Gasteiger partial charge in [0.05, 0.1) is 5.41 Å². The molecule has 0 unspecified atom stereocenters. The van der Waals surface area contributed by atoms with Gasteiger partial charge in [-0.3, -0.25) is 9.59 Å². The van der Waals surface area contributed by atoms with Gasteiger partial charge in [-0.2, -0.15) is 0 Å². The van der Waals surface area contributed by atoms with E-state index in [1.54, 1.807) is 11.9 Å². The lowest BCUT2D eigenvalue weighted by atomic mass is 9.77. The summed E-state index contributed by atoms with van der Waals surface area (Å²) in [5.41, 5.74) is -0.820. The fourth-order valence-electron chi connectivity index (χ4n) is 2.87. The molecule has 1 N–H and O–H groups in total. The van der Waals surface area contributed by atoms with Crippen molar-refractivity contribution in [3.05, 3.63) is 0 Å². The van der Waals surface area contributed by atoms with Crippen molar-refractivity contribution in [3.63, 3.8) is 0 Å². The van der Waals surface area contributed by atoms with Gasteiger partial charge in [-0.25, -0.2) is 0 Å². The predicted octanol–water partition coefficient (Wildman–Crippen LogP) is 3.31. The molecular formula is C16H29NO3. The van der Waals surface area contributed by atoms with Gasteiger partial charge in [-0.15, -0.1) is 0 Å². The standard InChI is InChI=1S/C16H29NO3/c1-13(2)8-11-17(3)14(18)12-16(15(19)20)9-6-4-5-7-10-16/h13H,4-12H2,1-3H3,(H,19,20). The van der Waals surface area contributed by atoms with Gasteiger partial charge < -0.3 is 10.0 Å². The maximum Gasteiger partial charge on any atom is 0.310 e. The highest BCUT2D eigenvalue weighted by Gasteiger charge is 2.41. The van der Waals surface area contributed by atoms with Crippen molar-refractivity contribution < 1.29 is 14.7 Å². The second-order valence-corrected chi connectivity index (χ2v) is 6.67. The van der Waals surface area contributed by atoms with E-state index in [0.29, 0.717) is 25.3 Å². The van der Waals surface area contributed by atoms with Crippen LogP contribution in [0.25, 0.3) is 0 Å². The Morgan fingerprint density at radius 1 is 1.15 bits per heavy atom. The van der Waals surface area contributed by atoms with Crippen molar-refractivity contribution in [2.75, 3.05) is 13.6 Å². The first-order chi connectivity index (χ1) is 9.37. The highest BCUT2D eigenvalue weighted by atomic mass is 16.4. The average molecular weight is 283 g/mol. The predicted molar refractivity (Wildman–Crippen MR) is 79.5 cm³/mol. The third-order valence-electron chi connectivity index (χ3n) is 4.47. The van der Waals surface area contributed by atoms with Gasteiger partial charge in [0.25, 0.3) is 0 Å². The molecule has 0 aliphatic heterocycles. The summed E-state index contributed by atoms with van der Waals surface area (Å²) in [5.74, 6) is -0.253. The van der Waals surface area contributed by atoms with Gasteiger partial charge in [-0.05, 0) is 25.2 Å². The smallest absolute Gasteiger partial charge is 0.310 e. The largest absolute Gasteiger partial charge is 0.481 e. The molecule has 0 heterocycles. The van der Waals surface area contributed by atoms with Crippen LogP contribution < -0.4 is 0 Å². The zero-order valence-corrected chi connectivity index (χ0v) is 13.2. The highest BCUT2D eigenvalue weighted by Crippen LogP contribution is 2.38. The maximum absolute atomic E-state index is 12.3. The summed E-state index contributed by atoms with van der Waals surface area (Å²) in [6.07, 6.45) is 6.45. The third kappa shape index (κ3) is 4.80. The zero-order valence-electron chi connectivity index (χ0n) is 13.2. The number of carboxylic acid groups (broad SMARTS) is 1. The second kappa shape index (κ2) is 7.65. The van der Waals surface area contributed by atoms with E-state index in [-0.39, 0.29) is 12.3 Å². The fourth-order valence-corrected chi connectivity index (χ4v) is 2.87. The summed E-state index contributed by atoms with van der Waals surface area (Å²) < 4.78 is 0. The topological polar surface area (TPSA) is 57.6 Å². The third-order valence-corrected chi connectivity index (χ3v) is 4.47. The molecule has 1 amide bonds. The van der Waals surface area contributed by atoms with Crippen molar-refractivity contribution in [1.82, 2.24) is 4.90 Å². The number of nitrogens with zero attached hydrogens (tertiary/aromatic N) is 1. The van der Waals surface area contributed by atoms with Gasteiger partial charge in [0.15, 0.2) is 0 Å². The first-order valence-corrected chi connectivity index (χ1v) is 7.85. The molecule has 1 rings (SSSR count). The van der Waals surface area contributed by atoms with E-state index in [1.165, 1.54) is 0 Å². The van der Waals surface area contributed by atoms with Crippen LogP contribution in [-0.4, -0.2) is 35.5 Å². The molecule has 116 valence electrons. The van der Waals surface area contributed by atoms with Gasteiger partial charge in [0.2, 0.25) is 5.91 Å². The lowest BCUT2D eigenvalue weighted by Crippen LogP contribution is -2.38. The van der Waals surface area contributed by atoms with E-state index in [2.05, 4.69) is 13.8 Å². The molecule has 0 saturated heterocycles. The number of amides is 1. The van der Waals surface area contributed by atoms with E-state index >= 15 is 0 Å². The molecule has 20 heavy (non-hydrogen) atoms. The Balaban J connectivity index is 2.65. The number of rotatable bonds is 6. The molecule has 1 aliphatic carbocycles. The molecule has 0 bridgehead atoms. The molecule has 0 aromatic carbocycles. The summed E-state index contributed by atoms with van der Waals surface area (Å²) >= 11 is 0. The van der Waals surface area contributed by atoms with Crippen LogP contribution in [-0.2, 0) is 9.59 Å². The lowest BCUT2D eigenvalue weighted by molar-refractivity contribution is -0.154. The Morgan fingerprint density at radius 3 is 2.15 bits per heavy atom. The van der Waals surface area contributed by atoms with Crippen LogP contribution in [0.4, 0.5) is 0 Å². The Morgan fingerprint density at radius 2 is 1.70 bits per heavy atom. The van der Waals surface area contributed by atoms with Crippen molar-refractivity contribution in [2.24, 2.45) is 11.3 Å². The van der Waals surface area contributed by atoms with Gasteiger partial charge >= 0.3 is 5.97 Å². The van der Waals surface area contributed by atoms with Crippen molar-refractivity contribution in [3.8, 4) is 0 Å². The van der Waals surface area contributed by atoms with Crippen LogP contribution in [0.3, 0.4) is 0 Å². The summed E-state index contributed by atoms with van der Waals surface area (Å²) in [6, 6.07) is 0. The number of hydrogen-bond acceptors (Lipinski definition) is 2. The Kier molecular flexibility index (Phi) is 6.50. The lowest BCUT2D eigenvalue weighted by Gasteiger charge is -2.29. The van der Waals surface area contributed by atoms with Crippen LogP contribution in [0, 0.1) is 11.3 Å². The molecule has 0 spiro atoms. The molecular weight excluding hydrogens is 254 g/mol. The minimum absolute atomic E-state index is 0.0186. The summed E-state index contributed by atoms with van der Waals surface area (Å²) in [4.78, 5) is 25.7. The van der Waals surface area contributed by atoms with Gasteiger partial charge in [-0.1, -0.05) is 39.5 Å². The van der Waals surface area contributed by atoms with Crippen LogP contribution >= 0.6 is 0 Å². The first kappa shape index (κ1) is 17.0. The van der Waals surface area contributed by atoms with Gasteiger partial charge in [0.1, 0.15) is 0 Å². The number of carbonyl (C=O) groups excluding carboxylic acids is 1. The monoisotopic (exact) mass is 283 g/mol. The number of carbonyl (C=O) groups is 2. The SMILES string of the molecule is CC(C)CCN(C)C(=O)CC1(C(=O)O)CCCCCC1. The minimum Gasteiger partial charge on any atom is -0.481 e. The Hall–Kier alpha value is -1.06. The van der Waals surface area contributed by atoms with E-state index < -0.39 is 11.4 Å². The average Bonchev–Trinajstić information content (AvgIpc) is 2.62. The minimum atomic E-state index is -0.820. The first-order valence-electron chi connectivity index (χ1n) is 7.85. The van der Waals surface area contributed by atoms with Crippen molar-refractivity contribution in [2.45, 2.75) is 65.2 Å². The molecule has 4 nitrogen and oxygen atoms in total. The Labute approximate surface area is 122 Å². The molecule has 1 aliphatic rings. The second-order valence-electron chi connectivity index (χ2n) is 6.67. The maximum atomic E-state index is 12.3. The Bertz CT molecular complexity index is 331. The van der Waals surface area contributed by atoms with E-state index in [4.69, 9.17) is 0 Å². The number of hydrogen-bond donors (Lipinski definition) is 1. The number of carboxylic acids is 1. The number of aliphatic carboxylic acids is 1. The quantitative estimate of drug-likeness (QED) is 0.761. The van der Waals surface area contributed by atoms with Crippen LogP contribution in [0.5, 0.6) is 0 Å². The van der Waals surface area contributed by atoms with E-state index in [0.717, 1.165) is 32.1 Å². The summed E-state index contributed by atoms with van der Waals surface area (Å²) in [5, 5.41) is 9.59. The van der Waals surface area contributed by atoms with Gasteiger partial charge in [0, 0.05) is 20.0 Å². The molecule has 0 aromatic rings. The van der Waals surface area contributed by atoms with Crippen molar-refractivity contribution >= 4 is 11.9 Å². The molecule has 0 radical (unpaired) electrons. The van der Waals surface area contributed by atoms with Crippen LogP contribution in [0.15, 0.2) is 0 Å². The summed E-state index contributed by atoms with van der Waals surface area (Å²) in [7, 11) is 1.79. The highest BCUT2D eigenvalue weighted by molar-refractivity contribution is 5.84. The van der Waals surface area contributed by atoms with Crippen molar-refractivity contribution in [1.29, 1.82) is 0 Å². The van der Waals surface area contributed by atoms with Crippen LogP contribution in [0.2, 0.25) is 0 Å². The molecule has 4 heteroatoms. The molecule has 0 aromatic heterocycles. The normalized spacial score (nSPS) is 18.6. The van der Waals surface area contributed by atoms with Crippen LogP contribution in [0.1, 0.15) is 65.2 Å². The van der Waals surface area contributed by atoms with E-state index in [9.17, 15) is 14.7 Å². The molecule has 0 atom stereocenters. The zero-order chi connectivity index (χ0) is 15.2.